The van der Waals surface area contributed by atoms with Gasteiger partial charge in [0.25, 0.3) is 0 Å². The maximum Gasteiger partial charge on any atom is 0.133 e. The number of nitrogens with zero attached hydrogens (tertiary/aromatic N) is 2. The number of likely N-dealkylation sites (N-methyl/N-ethyl adjacent to an activating group) is 1. The molecule has 2 aromatic rings. The van der Waals surface area contributed by atoms with Crippen LogP contribution in [0.25, 0.3) is 10.8 Å². The topological polar surface area (TPSA) is 37.4 Å². The molecule has 19 heavy (non-hydrogen) atoms. The molecule has 1 aromatic heterocycles. The average Bonchev–Trinajstić information content (AvgIpc) is 2.46. The van der Waals surface area contributed by atoms with Crippen LogP contribution in [0.4, 0.5) is 5.82 Å². The second kappa shape index (κ2) is 6.38. The van der Waals surface area contributed by atoms with E-state index in [-0.39, 0.29) is 0 Å². The first kappa shape index (κ1) is 13.6. The van der Waals surface area contributed by atoms with Crippen molar-refractivity contribution >= 4 is 16.6 Å². The molecule has 0 aliphatic heterocycles. The first-order valence-electron chi connectivity index (χ1n) is 6.59. The summed E-state index contributed by atoms with van der Waals surface area (Å²) in [5.74, 6) is 1.81. The average molecular weight is 259 g/mol. The number of anilines is 1. The van der Waals surface area contributed by atoms with Crippen LogP contribution in [0.3, 0.4) is 0 Å². The first-order valence-corrected chi connectivity index (χ1v) is 6.59. The van der Waals surface area contributed by atoms with Crippen molar-refractivity contribution in [1.29, 1.82) is 0 Å². The van der Waals surface area contributed by atoms with Gasteiger partial charge in [0, 0.05) is 24.7 Å². The SMILES string of the molecule is CCN(C)CCNc1nccc2cc(OC)ccc12. The predicted octanol–water partition coefficient (Wildman–Crippen LogP) is 2.61. The van der Waals surface area contributed by atoms with Crippen LogP contribution < -0.4 is 10.1 Å². The van der Waals surface area contributed by atoms with Crippen molar-refractivity contribution in [2.45, 2.75) is 6.92 Å². The van der Waals surface area contributed by atoms with E-state index in [1.165, 1.54) is 0 Å². The lowest BCUT2D eigenvalue weighted by Gasteiger charge is -2.15. The molecule has 1 heterocycles. The van der Waals surface area contributed by atoms with Crippen molar-refractivity contribution in [3.63, 3.8) is 0 Å². The van der Waals surface area contributed by atoms with Gasteiger partial charge >= 0.3 is 0 Å². The van der Waals surface area contributed by atoms with E-state index in [0.717, 1.165) is 42.0 Å². The third-order valence-corrected chi connectivity index (χ3v) is 3.30. The van der Waals surface area contributed by atoms with E-state index >= 15 is 0 Å². The van der Waals surface area contributed by atoms with Crippen molar-refractivity contribution in [1.82, 2.24) is 9.88 Å². The van der Waals surface area contributed by atoms with Gasteiger partial charge in [-0.15, -0.1) is 0 Å². The van der Waals surface area contributed by atoms with Crippen LogP contribution in [0, 0.1) is 0 Å². The summed E-state index contributed by atoms with van der Waals surface area (Å²) in [6.07, 6.45) is 1.83. The molecular formula is C15H21N3O. The fourth-order valence-electron chi connectivity index (χ4n) is 1.95. The third kappa shape index (κ3) is 3.35. The van der Waals surface area contributed by atoms with Crippen LogP contribution in [0.5, 0.6) is 5.75 Å². The Labute approximate surface area is 114 Å². The highest BCUT2D eigenvalue weighted by molar-refractivity contribution is 5.92. The van der Waals surface area contributed by atoms with Gasteiger partial charge in [0.15, 0.2) is 0 Å². The van der Waals surface area contributed by atoms with Crippen LogP contribution in [-0.2, 0) is 0 Å². The summed E-state index contributed by atoms with van der Waals surface area (Å²) in [6.45, 7) is 5.11. The van der Waals surface area contributed by atoms with Gasteiger partial charge in [-0.3, -0.25) is 0 Å². The number of hydrogen-bond acceptors (Lipinski definition) is 4. The fraction of sp³-hybridized carbons (Fsp3) is 0.400. The lowest BCUT2D eigenvalue weighted by molar-refractivity contribution is 0.367. The Morgan fingerprint density at radius 2 is 2.16 bits per heavy atom. The fourth-order valence-corrected chi connectivity index (χ4v) is 1.95. The highest BCUT2D eigenvalue weighted by atomic mass is 16.5. The Hall–Kier alpha value is -1.81. The maximum atomic E-state index is 5.24. The number of benzene rings is 1. The number of methoxy groups -OCH3 is 1. The smallest absolute Gasteiger partial charge is 0.133 e. The largest absolute Gasteiger partial charge is 0.497 e. The van der Waals surface area contributed by atoms with Gasteiger partial charge in [0.2, 0.25) is 0 Å². The summed E-state index contributed by atoms with van der Waals surface area (Å²) >= 11 is 0. The Bertz CT molecular complexity index is 542. The third-order valence-electron chi connectivity index (χ3n) is 3.30. The molecule has 0 atom stereocenters. The maximum absolute atomic E-state index is 5.24. The molecule has 4 heteroatoms. The number of fused-ring (bicyclic) bond motifs is 1. The molecule has 0 amide bonds. The molecule has 0 unspecified atom stereocenters. The summed E-state index contributed by atoms with van der Waals surface area (Å²) in [5.41, 5.74) is 0. The number of aromatic nitrogens is 1. The molecule has 0 aliphatic carbocycles. The molecule has 102 valence electrons. The molecule has 0 fully saturated rings. The van der Waals surface area contributed by atoms with Gasteiger partial charge in [-0.25, -0.2) is 4.98 Å². The van der Waals surface area contributed by atoms with E-state index in [1.54, 1.807) is 7.11 Å². The van der Waals surface area contributed by atoms with Crippen molar-refractivity contribution in [3.8, 4) is 5.75 Å². The van der Waals surface area contributed by atoms with Gasteiger partial charge in [-0.05, 0) is 43.2 Å². The minimum absolute atomic E-state index is 0.871. The molecular weight excluding hydrogens is 238 g/mol. The number of pyridine rings is 1. The second-order valence-corrected chi connectivity index (χ2v) is 4.57. The molecule has 0 bridgehead atoms. The molecule has 2 rings (SSSR count). The summed E-state index contributed by atoms with van der Waals surface area (Å²) < 4.78 is 5.24. The number of rotatable bonds is 6. The van der Waals surface area contributed by atoms with E-state index in [4.69, 9.17) is 4.74 Å². The Morgan fingerprint density at radius 3 is 2.89 bits per heavy atom. The van der Waals surface area contributed by atoms with Crippen molar-refractivity contribution in [2.24, 2.45) is 0 Å². The Balaban J connectivity index is 2.14. The van der Waals surface area contributed by atoms with Gasteiger partial charge < -0.3 is 15.0 Å². The van der Waals surface area contributed by atoms with Gasteiger partial charge in [-0.2, -0.15) is 0 Å². The van der Waals surface area contributed by atoms with E-state index in [2.05, 4.69) is 29.2 Å². The standard InChI is InChI=1S/C15H21N3O/c1-4-18(2)10-9-17-15-14-6-5-13(19-3)11-12(14)7-8-16-15/h5-8,11H,4,9-10H2,1-3H3,(H,16,17). The minimum atomic E-state index is 0.871. The van der Waals surface area contributed by atoms with E-state index < -0.39 is 0 Å². The zero-order chi connectivity index (χ0) is 13.7. The number of ether oxygens (including phenoxy) is 1. The molecule has 4 nitrogen and oxygen atoms in total. The zero-order valence-electron chi connectivity index (χ0n) is 11.8. The monoisotopic (exact) mass is 259 g/mol. The molecule has 0 radical (unpaired) electrons. The Morgan fingerprint density at radius 1 is 1.32 bits per heavy atom. The molecule has 0 saturated heterocycles. The summed E-state index contributed by atoms with van der Waals surface area (Å²) in [4.78, 5) is 6.68. The van der Waals surface area contributed by atoms with Crippen LogP contribution in [0.1, 0.15) is 6.92 Å². The lowest BCUT2D eigenvalue weighted by Crippen LogP contribution is -2.24. The van der Waals surface area contributed by atoms with Crippen LogP contribution >= 0.6 is 0 Å². The van der Waals surface area contributed by atoms with E-state index in [1.807, 2.05) is 30.5 Å². The molecule has 0 aliphatic rings. The summed E-state index contributed by atoms with van der Waals surface area (Å²) in [6, 6.07) is 8.04. The Kier molecular flexibility index (Phi) is 4.58. The van der Waals surface area contributed by atoms with E-state index in [0.29, 0.717) is 0 Å². The highest BCUT2D eigenvalue weighted by Crippen LogP contribution is 2.25. The normalized spacial score (nSPS) is 10.9. The van der Waals surface area contributed by atoms with Gasteiger partial charge in [-0.1, -0.05) is 6.92 Å². The summed E-state index contributed by atoms with van der Waals surface area (Å²) in [7, 11) is 3.80. The predicted molar refractivity (Wildman–Crippen MR) is 80.0 cm³/mol. The van der Waals surface area contributed by atoms with Crippen LogP contribution in [-0.4, -0.2) is 43.7 Å². The lowest BCUT2D eigenvalue weighted by atomic mass is 10.1. The summed E-state index contributed by atoms with van der Waals surface area (Å²) in [5, 5.41) is 5.66. The van der Waals surface area contributed by atoms with Crippen molar-refractivity contribution in [3.05, 3.63) is 30.5 Å². The number of nitrogens with one attached hydrogen (secondary N) is 1. The zero-order valence-corrected chi connectivity index (χ0v) is 11.8. The molecule has 1 N–H and O–H groups in total. The van der Waals surface area contributed by atoms with Gasteiger partial charge in [0.05, 0.1) is 7.11 Å². The number of hydrogen-bond donors (Lipinski definition) is 1. The molecule has 0 saturated carbocycles. The molecule has 0 spiro atoms. The quantitative estimate of drug-likeness (QED) is 0.865. The molecule has 1 aromatic carbocycles. The van der Waals surface area contributed by atoms with Crippen molar-refractivity contribution in [2.75, 3.05) is 39.1 Å². The van der Waals surface area contributed by atoms with Crippen LogP contribution in [0.2, 0.25) is 0 Å². The van der Waals surface area contributed by atoms with Crippen LogP contribution in [0.15, 0.2) is 30.5 Å². The van der Waals surface area contributed by atoms with Gasteiger partial charge in [0.1, 0.15) is 11.6 Å². The first-order chi connectivity index (χ1) is 9.24. The van der Waals surface area contributed by atoms with E-state index in [9.17, 15) is 0 Å². The minimum Gasteiger partial charge on any atom is -0.497 e. The highest BCUT2D eigenvalue weighted by Gasteiger charge is 2.03. The second-order valence-electron chi connectivity index (χ2n) is 4.57. The van der Waals surface area contributed by atoms with Crippen molar-refractivity contribution < 1.29 is 4.74 Å².